The van der Waals surface area contributed by atoms with Gasteiger partial charge in [-0.1, -0.05) is 6.92 Å². The lowest BCUT2D eigenvalue weighted by Crippen LogP contribution is -2.38. The highest BCUT2D eigenvalue weighted by molar-refractivity contribution is 6.07. The number of fused-ring (bicyclic) bond motifs is 1. The molecule has 1 atom stereocenters. The molecule has 0 fully saturated rings. The van der Waals surface area contributed by atoms with E-state index in [0.717, 1.165) is 0 Å². The first kappa shape index (κ1) is 14.9. The maximum atomic E-state index is 13.7. The van der Waals surface area contributed by atoms with Crippen LogP contribution in [-0.4, -0.2) is 30.7 Å². The Morgan fingerprint density at radius 2 is 2.25 bits per heavy atom. The maximum Gasteiger partial charge on any atom is 0.173 e. The van der Waals surface area contributed by atoms with Crippen LogP contribution in [0, 0.1) is 18.2 Å². The predicted octanol–water partition coefficient (Wildman–Crippen LogP) is 1.86. The third-order valence-corrected chi connectivity index (χ3v) is 4.04. The zero-order valence-corrected chi connectivity index (χ0v) is 11.8. The van der Waals surface area contributed by atoms with Crippen LogP contribution in [0.15, 0.2) is 6.07 Å². The van der Waals surface area contributed by atoms with E-state index in [1.54, 1.807) is 6.92 Å². The highest BCUT2D eigenvalue weighted by Gasteiger charge is 2.40. The van der Waals surface area contributed by atoms with Gasteiger partial charge < -0.3 is 15.6 Å². The van der Waals surface area contributed by atoms with Gasteiger partial charge in [-0.25, -0.2) is 4.39 Å². The molecule has 110 valence electrons. The molecule has 4 nitrogen and oxygen atoms in total. The van der Waals surface area contributed by atoms with E-state index in [9.17, 15) is 9.18 Å². The van der Waals surface area contributed by atoms with Gasteiger partial charge in [0.05, 0.1) is 25.2 Å². The van der Waals surface area contributed by atoms with Crippen molar-refractivity contribution in [3.05, 3.63) is 28.6 Å². The Morgan fingerprint density at radius 3 is 2.90 bits per heavy atom. The average Bonchev–Trinajstić information content (AvgIpc) is 2.40. The molecule has 0 saturated heterocycles. The Bertz CT molecular complexity index is 544. The Morgan fingerprint density at radius 1 is 1.55 bits per heavy atom. The van der Waals surface area contributed by atoms with Crippen LogP contribution in [-0.2, 0) is 11.2 Å². The Balaban J connectivity index is 2.36. The molecular formula is C15H20FNO3. The molecule has 0 amide bonds. The third-order valence-electron chi connectivity index (χ3n) is 4.04. The average molecular weight is 281 g/mol. The second-order valence-corrected chi connectivity index (χ2v) is 5.59. The molecule has 2 rings (SSSR count). The number of halogens is 1. The number of hydrogen-bond acceptors (Lipinski definition) is 4. The van der Waals surface area contributed by atoms with Crippen LogP contribution < -0.4 is 5.73 Å². The summed E-state index contributed by atoms with van der Waals surface area (Å²) in [6, 6.07) is 1.21. The number of Topliss-reactive ketones (excluding diaryl/α,β-unsaturated/α-hetero) is 1. The van der Waals surface area contributed by atoms with E-state index in [2.05, 4.69) is 0 Å². The zero-order valence-electron chi connectivity index (χ0n) is 11.8. The topological polar surface area (TPSA) is 72.6 Å². The largest absolute Gasteiger partial charge is 0.398 e. The van der Waals surface area contributed by atoms with Gasteiger partial charge in [-0.3, -0.25) is 4.79 Å². The molecule has 1 unspecified atom stereocenters. The molecule has 20 heavy (non-hydrogen) atoms. The lowest BCUT2D eigenvalue weighted by molar-refractivity contribution is 0.0252. The molecule has 0 aromatic heterocycles. The van der Waals surface area contributed by atoms with E-state index < -0.39 is 5.41 Å². The number of benzene rings is 1. The smallest absolute Gasteiger partial charge is 0.173 e. The van der Waals surface area contributed by atoms with Crippen molar-refractivity contribution in [2.24, 2.45) is 5.41 Å². The van der Waals surface area contributed by atoms with Crippen molar-refractivity contribution >= 4 is 11.5 Å². The number of nitrogens with two attached hydrogens (primary N) is 1. The molecule has 0 radical (unpaired) electrons. The fourth-order valence-electron chi connectivity index (χ4n) is 2.72. The molecular weight excluding hydrogens is 261 g/mol. The molecule has 0 saturated carbocycles. The van der Waals surface area contributed by atoms with Crippen molar-refractivity contribution in [3.63, 3.8) is 0 Å². The first-order chi connectivity index (χ1) is 9.40. The molecule has 5 heteroatoms. The van der Waals surface area contributed by atoms with Crippen LogP contribution in [0.2, 0.25) is 0 Å². The zero-order chi connectivity index (χ0) is 14.9. The first-order valence-electron chi connectivity index (χ1n) is 6.71. The summed E-state index contributed by atoms with van der Waals surface area (Å²) in [5.41, 5.74) is 7.02. The molecule has 1 aliphatic rings. The number of hydrogen-bond donors (Lipinski definition) is 2. The Hall–Kier alpha value is -1.46. The van der Waals surface area contributed by atoms with E-state index >= 15 is 0 Å². The Labute approximate surface area is 117 Å². The molecule has 0 aliphatic heterocycles. The van der Waals surface area contributed by atoms with Gasteiger partial charge in [-0.05, 0) is 37.0 Å². The van der Waals surface area contributed by atoms with Crippen molar-refractivity contribution in [1.29, 1.82) is 0 Å². The van der Waals surface area contributed by atoms with Crippen LogP contribution in [0.25, 0.3) is 0 Å². The Kier molecular flexibility index (Phi) is 4.11. The molecule has 1 aromatic carbocycles. The van der Waals surface area contributed by atoms with Crippen molar-refractivity contribution in [2.75, 3.05) is 25.6 Å². The van der Waals surface area contributed by atoms with E-state index in [0.29, 0.717) is 29.5 Å². The van der Waals surface area contributed by atoms with Crippen LogP contribution >= 0.6 is 0 Å². The number of aliphatic hydroxyl groups is 1. The highest BCUT2D eigenvalue weighted by atomic mass is 19.1. The van der Waals surface area contributed by atoms with E-state index in [1.165, 1.54) is 6.07 Å². The second kappa shape index (κ2) is 5.50. The SMILES string of the molecule is Cc1c(F)cc(N)c2c1CCC(C)(COCCO)C2=O. The summed E-state index contributed by atoms with van der Waals surface area (Å²) in [5, 5.41) is 8.74. The molecule has 0 heterocycles. The van der Waals surface area contributed by atoms with Crippen molar-refractivity contribution in [2.45, 2.75) is 26.7 Å². The van der Waals surface area contributed by atoms with Crippen LogP contribution in [0.5, 0.6) is 0 Å². The second-order valence-electron chi connectivity index (χ2n) is 5.59. The van der Waals surface area contributed by atoms with Crippen molar-refractivity contribution in [3.8, 4) is 0 Å². The van der Waals surface area contributed by atoms with E-state index in [-0.39, 0.29) is 37.1 Å². The van der Waals surface area contributed by atoms with Crippen molar-refractivity contribution in [1.82, 2.24) is 0 Å². The van der Waals surface area contributed by atoms with Crippen LogP contribution in [0.3, 0.4) is 0 Å². The lowest BCUT2D eigenvalue weighted by Gasteiger charge is -2.34. The molecule has 0 bridgehead atoms. The van der Waals surface area contributed by atoms with Gasteiger partial charge in [-0.2, -0.15) is 0 Å². The van der Waals surface area contributed by atoms with Crippen molar-refractivity contribution < 1.29 is 19.0 Å². The van der Waals surface area contributed by atoms with E-state index in [1.807, 2.05) is 6.92 Å². The number of nitrogen functional groups attached to an aromatic ring is 1. The normalized spacial score (nSPS) is 21.9. The summed E-state index contributed by atoms with van der Waals surface area (Å²) in [7, 11) is 0. The van der Waals surface area contributed by atoms with Gasteiger partial charge in [0.15, 0.2) is 5.78 Å². The summed E-state index contributed by atoms with van der Waals surface area (Å²) >= 11 is 0. The summed E-state index contributed by atoms with van der Waals surface area (Å²) in [5.74, 6) is -0.466. The fraction of sp³-hybridized carbons (Fsp3) is 0.533. The quantitative estimate of drug-likeness (QED) is 0.652. The molecule has 1 aliphatic carbocycles. The summed E-state index contributed by atoms with van der Waals surface area (Å²) < 4.78 is 19.0. The number of rotatable bonds is 4. The minimum absolute atomic E-state index is 0.0761. The number of ketones is 1. The van der Waals surface area contributed by atoms with Crippen LogP contribution in [0.4, 0.5) is 10.1 Å². The summed E-state index contributed by atoms with van der Waals surface area (Å²) in [4.78, 5) is 12.7. The van der Waals surface area contributed by atoms with Gasteiger partial charge >= 0.3 is 0 Å². The maximum absolute atomic E-state index is 13.7. The number of carbonyl (C=O) groups is 1. The number of aliphatic hydroxyl groups excluding tert-OH is 1. The van der Waals surface area contributed by atoms with Crippen LogP contribution in [0.1, 0.15) is 34.8 Å². The minimum Gasteiger partial charge on any atom is -0.398 e. The number of ether oxygens (including phenoxy) is 1. The van der Waals surface area contributed by atoms with E-state index in [4.69, 9.17) is 15.6 Å². The summed E-state index contributed by atoms with van der Waals surface area (Å²) in [6.45, 7) is 3.86. The van der Waals surface area contributed by atoms with Gasteiger partial charge in [0, 0.05) is 11.3 Å². The van der Waals surface area contributed by atoms with Gasteiger partial charge in [0.25, 0.3) is 0 Å². The highest BCUT2D eigenvalue weighted by Crippen LogP contribution is 2.39. The van der Waals surface area contributed by atoms with Gasteiger partial charge in [-0.15, -0.1) is 0 Å². The molecule has 3 N–H and O–H groups in total. The number of anilines is 1. The molecule has 1 aromatic rings. The lowest BCUT2D eigenvalue weighted by atomic mass is 9.71. The first-order valence-corrected chi connectivity index (χ1v) is 6.71. The monoisotopic (exact) mass is 281 g/mol. The predicted molar refractivity (Wildman–Crippen MR) is 74.2 cm³/mol. The van der Waals surface area contributed by atoms with Gasteiger partial charge in [0.2, 0.25) is 0 Å². The molecule has 0 spiro atoms. The van der Waals surface area contributed by atoms with Gasteiger partial charge in [0.1, 0.15) is 5.82 Å². The minimum atomic E-state index is -0.666. The number of carbonyl (C=O) groups excluding carboxylic acids is 1. The third kappa shape index (κ3) is 2.43. The summed E-state index contributed by atoms with van der Waals surface area (Å²) in [6.07, 6.45) is 1.20. The standard InChI is InChI=1S/C15H20FNO3/c1-9-10-3-4-15(2,8-20-6-5-18)14(19)13(10)12(17)7-11(9)16/h7,18H,3-6,8,17H2,1-2H3. The fourth-order valence-corrected chi connectivity index (χ4v) is 2.72.